The zero-order chi connectivity index (χ0) is 21.0. The summed E-state index contributed by atoms with van der Waals surface area (Å²) < 4.78 is 0. The Balaban J connectivity index is 0. The summed E-state index contributed by atoms with van der Waals surface area (Å²) in [5.74, 6) is 0. The van der Waals surface area contributed by atoms with Gasteiger partial charge in [0.05, 0.1) is 0 Å². The SMILES string of the molecule is CCCCCCCCCCCCCCCCCCCC.CCCCCCCN. The predicted octanol–water partition coefficient (Wildman–Crippen LogP) is 9.96. The fraction of sp³-hybridized carbons (Fsp3) is 1.00. The van der Waals surface area contributed by atoms with Gasteiger partial charge in [-0.2, -0.15) is 0 Å². The van der Waals surface area contributed by atoms with Crippen molar-refractivity contribution in [2.45, 2.75) is 168 Å². The minimum absolute atomic E-state index is 0.865. The van der Waals surface area contributed by atoms with Gasteiger partial charge in [-0.3, -0.25) is 0 Å². The van der Waals surface area contributed by atoms with Gasteiger partial charge < -0.3 is 5.73 Å². The molecule has 0 aromatic heterocycles. The van der Waals surface area contributed by atoms with Gasteiger partial charge in [-0.25, -0.2) is 0 Å². The van der Waals surface area contributed by atoms with Crippen molar-refractivity contribution >= 4 is 0 Å². The van der Waals surface area contributed by atoms with Crippen molar-refractivity contribution in [1.82, 2.24) is 0 Å². The Morgan fingerprint density at radius 1 is 0.286 bits per heavy atom. The molecule has 0 bridgehead atoms. The Morgan fingerprint density at radius 2 is 0.464 bits per heavy atom. The molecule has 0 aliphatic carbocycles. The second-order valence-electron chi connectivity index (χ2n) is 8.86. The van der Waals surface area contributed by atoms with Gasteiger partial charge in [-0.1, -0.05) is 162 Å². The number of nitrogens with two attached hydrogens (primary N) is 1. The van der Waals surface area contributed by atoms with E-state index in [-0.39, 0.29) is 0 Å². The quantitative estimate of drug-likeness (QED) is 0.181. The predicted molar refractivity (Wildman–Crippen MR) is 132 cm³/mol. The molecular formula is C27H59N. The molecule has 0 amide bonds. The zero-order valence-corrected chi connectivity index (χ0v) is 20.5. The average molecular weight is 398 g/mol. The molecular weight excluding hydrogens is 338 g/mol. The third kappa shape index (κ3) is 33.5. The number of rotatable bonds is 22. The monoisotopic (exact) mass is 397 g/mol. The highest BCUT2D eigenvalue weighted by Crippen LogP contribution is 2.14. The topological polar surface area (TPSA) is 26.0 Å². The summed E-state index contributed by atoms with van der Waals surface area (Å²) in [7, 11) is 0. The maximum atomic E-state index is 5.31. The van der Waals surface area contributed by atoms with Gasteiger partial charge >= 0.3 is 0 Å². The van der Waals surface area contributed by atoms with Crippen LogP contribution in [0.15, 0.2) is 0 Å². The molecule has 1 heteroatoms. The van der Waals surface area contributed by atoms with Crippen LogP contribution in [0.25, 0.3) is 0 Å². The van der Waals surface area contributed by atoms with Crippen LogP contribution in [0.2, 0.25) is 0 Å². The fourth-order valence-electron chi connectivity index (χ4n) is 3.72. The summed E-state index contributed by atoms with van der Waals surface area (Å²) in [6.45, 7) is 7.68. The highest BCUT2D eigenvalue weighted by molar-refractivity contribution is 4.50. The molecule has 0 saturated heterocycles. The highest BCUT2D eigenvalue weighted by Gasteiger charge is 1.94. The molecule has 0 radical (unpaired) electrons. The minimum atomic E-state index is 0.865. The molecule has 0 rings (SSSR count). The van der Waals surface area contributed by atoms with E-state index >= 15 is 0 Å². The van der Waals surface area contributed by atoms with Crippen LogP contribution >= 0.6 is 0 Å². The zero-order valence-electron chi connectivity index (χ0n) is 20.5. The molecule has 0 fully saturated rings. The van der Waals surface area contributed by atoms with Crippen LogP contribution < -0.4 is 5.73 Å². The van der Waals surface area contributed by atoms with Crippen molar-refractivity contribution in [2.75, 3.05) is 6.54 Å². The maximum absolute atomic E-state index is 5.31. The van der Waals surface area contributed by atoms with E-state index in [0.717, 1.165) is 6.54 Å². The van der Waals surface area contributed by atoms with Crippen molar-refractivity contribution in [3.63, 3.8) is 0 Å². The molecule has 1 nitrogen and oxygen atoms in total. The minimum Gasteiger partial charge on any atom is -0.330 e. The second-order valence-corrected chi connectivity index (χ2v) is 8.86. The van der Waals surface area contributed by atoms with Gasteiger partial charge in [0.1, 0.15) is 0 Å². The lowest BCUT2D eigenvalue weighted by atomic mass is 10.0. The largest absolute Gasteiger partial charge is 0.330 e. The van der Waals surface area contributed by atoms with Crippen molar-refractivity contribution in [1.29, 1.82) is 0 Å². The number of hydrogen-bond donors (Lipinski definition) is 1. The molecule has 0 atom stereocenters. The molecule has 0 aliphatic rings. The van der Waals surface area contributed by atoms with Crippen LogP contribution in [0.1, 0.15) is 168 Å². The smallest absolute Gasteiger partial charge is 0.00773 e. The second kappa shape index (κ2) is 31.6. The van der Waals surface area contributed by atoms with E-state index in [1.54, 1.807) is 0 Å². The lowest BCUT2D eigenvalue weighted by Gasteiger charge is -2.03. The lowest BCUT2D eigenvalue weighted by molar-refractivity contribution is 0.526. The summed E-state index contributed by atoms with van der Waals surface area (Å²) in [5, 5.41) is 0. The number of hydrogen-bond acceptors (Lipinski definition) is 1. The molecule has 0 heterocycles. The van der Waals surface area contributed by atoms with Crippen molar-refractivity contribution < 1.29 is 0 Å². The molecule has 28 heavy (non-hydrogen) atoms. The lowest BCUT2D eigenvalue weighted by Crippen LogP contribution is -1.97. The first-order chi connectivity index (χ1) is 13.8. The van der Waals surface area contributed by atoms with Gasteiger partial charge in [-0.05, 0) is 13.0 Å². The van der Waals surface area contributed by atoms with E-state index in [2.05, 4.69) is 20.8 Å². The summed E-state index contributed by atoms with van der Waals surface area (Å²) in [4.78, 5) is 0. The standard InChI is InChI=1S/C20H42.C7H17N/c1-3-5-7-9-11-13-15-17-19-20-18-16-14-12-10-8-6-4-2;1-2-3-4-5-6-7-8/h3-20H2,1-2H3;2-8H2,1H3. The highest BCUT2D eigenvalue weighted by atomic mass is 14.5. The third-order valence-electron chi connectivity index (χ3n) is 5.76. The van der Waals surface area contributed by atoms with Crippen LogP contribution in [0.5, 0.6) is 0 Å². The molecule has 172 valence electrons. The van der Waals surface area contributed by atoms with Crippen LogP contribution in [-0.4, -0.2) is 6.54 Å². The summed E-state index contributed by atoms with van der Waals surface area (Å²) in [6.07, 6.45) is 33.0. The Kier molecular flexibility index (Phi) is 34.1. The van der Waals surface area contributed by atoms with Crippen molar-refractivity contribution in [2.24, 2.45) is 5.73 Å². The van der Waals surface area contributed by atoms with Gasteiger partial charge in [0.15, 0.2) is 0 Å². The van der Waals surface area contributed by atoms with Gasteiger partial charge in [0, 0.05) is 0 Å². The third-order valence-corrected chi connectivity index (χ3v) is 5.76. The number of unbranched alkanes of at least 4 members (excludes halogenated alkanes) is 21. The van der Waals surface area contributed by atoms with E-state index in [1.165, 1.54) is 148 Å². The molecule has 0 aliphatic heterocycles. The Bertz CT molecular complexity index is 202. The Hall–Kier alpha value is -0.0400. The normalized spacial score (nSPS) is 10.7. The molecule has 0 unspecified atom stereocenters. The Morgan fingerprint density at radius 3 is 0.643 bits per heavy atom. The first-order valence-electron chi connectivity index (χ1n) is 13.5. The van der Waals surface area contributed by atoms with Crippen LogP contribution in [-0.2, 0) is 0 Å². The summed E-state index contributed by atoms with van der Waals surface area (Å²) in [6, 6.07) is 0. The van der Waals surface area contributed by atoms with Crippen molar-refractivity contribution in [3.8, 4) is 0 Å². The fourth-order valence-corrected chi connectivity index (χ4v) is 3.72. The van der Waals surface area contributed by atoms with Gasteiger partial charge in [0.25, 0.3) is 0 Å². The van der Waals surface area contributed by atoms with Gasteiger partial charge in [-0.15, -0.1) is 0 Å². The maximum Gasteiger partial charge on any atom is -0.00773 e. The first-order valence-corrected chi connectivity index (χ1v) is 13.5. The van der Waals surface area contributed by atoms with E-state index in [4.69, 9.17) is 5.73 Å². The van der Waals surface area contributed by atoms with E-state index in [9.17, 15) is 0 Å². The molecule has 0 aromatic rings. The molecule has 0 aromatic carbocycles. The summed E-state index contributed by atoms with van der Waals surface area (Å²) >= 11 is 0. The van der Waals surface area contributed by atoms with Crippen LogP contribution in [0.3, 0.4) is 0 Å². The Labute approximate surface area is 181 Å². The van der Waals surface area contributed by atoms with E-state index in [1.807, 2.05) is 0 Å². The molecule has 2 N–H and O–H groups in total. The van der Waals surface area contributed by atoms with E-state index < -0.39 is 0 Å². The van der Waals surface area contributed by atoms with Crippen molar-refractivity contribution in [3.05, 3.63) is 0 Å². The summed E-state index contributed by atoms with van der Waals surface area (Å²) in [5.41, 5.74) is 5.31. The van der Waals surface area contributed by atoms with E-state index in [0.29, 0.717) is 0 Å². The van der Waals surface area contributed by atoms with Gasteiger partial charge in [0.2, 0.25) is 0 Å². The van der Waals surface area contributed by atoms with Crippen LogP contribution in [0.4, 0.5) is 0 Å². The molecule has 0 saturated carbocycles. The van der Waals surface area contributed by atoms with Crippen LogP contribution in [0, 0.1) is 0 Å². The first kappa shape index (κ1) is 30.2. The molecule has 0 spiro atoms. The average Bonchev–Trinajstić information content (AvgIpc) is 2.71.